The molecule has 0 aromatic rings. The Kier molecular flexibility index (Phi) is 3.16. The molecule has 2 nitrogen and oxygen atoms in total. The van der Waals surface area contributed by atoms with Crippen LogP contribution in [0, 0.1) is 5.92 Å². The molecule has 60 valence electrons. The molecule has 0 bridgehead atoms. The smallest absolute Gasteiger partial charge is 0.0474 e. The molecule has 10 heavy (non-hydrogen) atoms. The summed E-state index contributed by atoms with van der Waals surface area (Å²) in [4.78, 5) is 0. The maximum atomic E-state index is 8.91. The van der Waals surface area contributed by atoms with Crippen LogP contribution >= 0.6 is 0 Å². The van der Waals surface area contributed by atoms with Gasteiger partial charge in [-0.15, -0.1) is 0 Å². The first-order valence-corrected chi connectivity index (χ1v) is 4.21. The Bertz CT molecular complexity index is 95.3. The summed E-state index contributed by atoms with van der Waals surface area (Å²) in [6.45, 7) is 0.279. The number of rotatable bonds is 1. The summed E-state index contributed by atoms with van der Waals surface area (Å²) in [5, 5.41) is 8.91. The van der Waals surface area contributed by atoms with Gasteiger partial charge in [0.05, 0.1) is 0 Å². The molecule has 0 aromatic carbocycles. The van der Waals surface area contributed by atoms with Crippen molar-refractivity contribution in [3.63, 3.8) is 0 Å². The van der Waals surface area contributed by atoms with Crippen molar-refractivity contribution in [2.75, 3.05) is 6.61 Å². The van der Waals surface area contributed by atoms with Gasteiger partial charge in [-0.2, -0.15) is 0 Å². The van der Waals surface area contributed by atoms with E-state index in [-0.39, 0.29) is 12.6 Å². The maximum Gasteiger partial charge on any atom is 0.0474 e. The fourth-order valence-electron chi connectivity index (χ4n) is 1.64. The third-order valence-electron chi connectivity index (χ3n) is 2.45. The number of hydrogen-bond acceptors (Lipinski definition) is 2. The third-order valence-corrected chi connectivity index (χ3v) is 2.45. The van der Waals surface area contributed by atoms with E-state index in [1.165, 1.54) is 19.3 Å². The molecule has 0 amide bonds. The SMILES string of the molecule is N[C@H]1CCCCC[C@@H]1CO. The van der Waals surface area contributed by atoms with Crippen molar-refractivity contribution >= 4 is 0 Å². The van der Waals surface area contributed by atoms with Crippen LogP contribution < -0.4 is 5.73 Å². The minimum Gasteiger partial charge on any atom is -0.396 e. The van der Waals surface area contributed by atoms with Gasteiger partial charge < -0.3 is 10.8 Å². The summed E-state index contributed by atoms with van der Waals surface area (Å²) in [5.74, 6) is 0.377. The van der Waals surface area contributed by atoms with Crippen molar-refractivity contribution in [2.24, 2.45) is 11.7 Å². The van der Waals surface area contributed by atoms with Crippen LogP contribution in [-0.2, 0) is 0 Å². The summed E-state index contributed by atoms with van der Waals surface area (Å²) in [7, 11) is 0. The van der Waals surface area contributed by atoms with Crippen LogP contribution in [0.4, 0.5) is 0 Å². The van der Waals surface area contributed by atoms with Gasteiger partial charge in [0.1, 0.15) is 0 Å². The van der Waals surface area contributed by atoms with Crippen molar-refractivity contribution in [1.82, 2.24) is 0 Å². The summed E-state index contributed by atoms with van der Waals surface area (Å²) >= 11 is 0. The molecule has 0 unspecified atom stereocenters. The molecule has 0 spiro atoms. The van der Waals surface area contributed by atoms with Crippen LogP contribution in [0.25, 0.3) is 0 Å². The molecule has 1 aliphatic rings. The largest absolute Gasteiger partial charge is 0.396 e. The average Bonchev–Trinajstić information content (AvgIpc) is 2.13. The molecule has 1 rings (SSSR count). The highest BCUT2D eigenvalue weighted by atomic mass is 16.3. The van der Waals surface area contributed by atoms with Crippen LogP contribution in [-0.4, -0.2) is 17.8 Å². The second-order valence-electron chi connectivity index (χ2n) is 3.24. The molecule has 0 saturated heterocycles. The van der Waals surface area contributed by atoms with Crippen LogP contribution in [0.5, 0.6) is 0 Å². The topological polar surface area (TPSA) is 46.2 Å². The number of nitrogens with two attached hydrogens (primary N) is 1. The Hall–Kier alpha value is -0.0800. The van der Waals surface area contributed by atoms with Gasteiger partial charge in [0, 0.05) is 12.6 Å². The van der Waals surface area contributed by atoms with Gasteiger partial charge in [-0.05, 0) is 18.8 Å². The minimum absolute atomic E-state index is 0.257. The Morgan fingerprint density at radius 1 is 1.20 bits per heavy atom. The molecule has 2 heteroatoms. The molecule has 3 N–H and O–H groups in total. The van der Waals surface area contributed by atoms with Crippen molar-refractivity contribution in [1.29, 1.82) is 0 Å². The number of hydrogen-bond donors (Lipinski definition) is 2. The van der Waals surface area contributed by atoms with E-state index in [4.69, 9.17) is 10.8 Å². The van der Waals surface area contributed by atoms with Gasteiger partial charge in [0.2, 0.25) is 0 Å². The van der Waals surface area contributed by atoms with E-state index in [0.29, 0.717) is 5.92 Å². The Morgan fingerprint density at radius 3 is 2.60 bits per heavy atom. The lowest BCUT2D eigenvalue weighted by atomic mass is 9.97. The highest BCUT2D eigenvalue weighted by Gasteiger charge is 2.18. The number of aliphatic hydroxyl groups is 1. The van der Waals surface area contributed by atoms with Crippen LogP contribution in [0.15, 0.2) is 0 Å². The van der Waals surface area contributed by atoms with E-state index in [0.717, 1.165) is 12.8 Å². The highest BCUT2D eigenvalue weighted by molar-refractivity contribution is 4.75. The zero-order chi connectivity index (χ0) is 7.40. The van der Waals surface area contributed by atoms with E-state index >= 15 is 0 Å². The fraction of sp³-hybridized carbons (Fsp3) is 1.00. The van der Waals surface area contributed by atoms with Crippen molar-refractivity contribution in [3.05, 3.63) is 0 Å². The van der Waals surface area contributed by atoms with E-state index in [9.17, 15) is 0 Å². The standard InChI is InChI=1S/C8H17NO/c9-8-5-3-1-2-4-7(8)6-10/h7-8,10H,1-6,9H2/t7-,8+/m1/s1. The maximum absolute atomic E-state index is 8.91. The molecule has 0 aliphatic heterocycles. The van der Waals surface area contributed by atoms with Gasteiger partial charge in [-0.1, -0.05) is 19.3 Å². The lowest BCUT2D eigenvalue weighted by Crippen LogP contribution is -2.31. The molecule has 1 saturated carbocycles. The van der Waals surface area contributed by atoms with E-state index in [2.05, 4.69) is 0 Å². The van der Waals surface area contributed by atoms with Crippen molar-refractivity contribution < 1.29 is 5.11 Å². The van der Waals surface area contributed by atoms with Crippen molar-refractivity contribution in [2.45, 2.75) is 38.1 Å². The molecular formula is C8H17NO. The summed E-state index contributed by atoms with van der Waals surface area (Å²) < 4.78 is 0. The predicted molar refractivity (Wildman–Crippen MR) is 41.6 cm³/mol. The lowest BCUT2D eigenvalue weighted by molar-refractivity contribution is 0.197. The van der Waals surface area contributed by atoms with E-state index in [1.807, 2.05) is 0 Å². The summed E-state index contributed by atoms with van der Waals surface area (Å²) in [5.41, 5.74) is 5.83. The highest BCUT2D eigenvalue weighted by Crippen LogP contribution is 2.21. The second kappa shape index (κ2) is 3.94. The molecule has 0 radical (unpaired) electrons. The van der Waals surface area contributed by atoms with Gasteiger partial charge in [0.15, 0.2) is 0 Å². The third kappa shape index (κ3) is 1.96. The summed E-state index contributed by atoms with van der Waals surface area (Å²) in [6.07, 6.45) is 6.02. The van der Waals surface area contributed by atoms with Crippen molar-refractivity contribution in [3.8, 4) is 0 Å². The predicted octanol–water partition coefficient (Wildman–Crippen LogP) is 0.886. The first-order valence-electron chi connectivity index (χ1n) is 4.21. The number of aliphatic hydroxyl groups excluding tert-OH is 1. The van der Waals surface area contributed by atoms with Gasteiger partial charge in [-0.3, -0.25) is 0 Å². The van der Waals surface area contributed by atoms with Gasteiger partial charge in [0.25, 0.3) is 0 Å². The molecule has 2 atom stereocenters. The van der Waals surface area contributed by atoms with Crippen LogP contribution in [0.2, 0.25) is 0 Å². The van der Waals surface area contributed by atoms with Gasteiger partial charge >= 0.3 is 0 Å². The first-order chi connectivity index (χ1) is 4.84. The molecular weight excluding hydrogens is 126 g/mol. The minimum atomic E-state index is 0.257. The Labute approximate surface area is 62.4 Å². The Balaban J connectivity index is 2.35. The first kappa shape index (κ1) is 8.02. The lowest BCUT2D eigenvalue weighted by Gasteiger charge is -2.17. The quantitative estimate of drug-likeness (QED) is 0.535. The second-order valence-corrected chi connectivity index (χ2v) is 3.24. The normalized spacial score (nSPS) is 35.4. The zero-order valence-electron chi connectivity index (χ0n) is 6.42. The molecule has 1 fully saturated rings. The fourth-order valence-corrected chi connectivity index (χ4v) is 1.64. The molecule has 0 heterocycles. The summed E-state index contributed by atoms with van der Waals surface area (Å²) in [6, 6.07) is 0.257. The average molecular weight is 143 g/mol. The molecule has 1 aliphatic carbocycles. The van der Waals surface area contributed by atoms with E-state index in [1.54, 1.807) is 0 Å². The van der Waals surface area contributed by atoms with Crippen LogP contribution in [0.3, 0.4) is 0 Å². The van der Waals surface area contributed by atoms with E-state index < -0.39 is 0 Å². The molecule has 0 aromatic heterocycles. The zero-order valence-corrected chi connectivity index (χ0v) is 6.42. The Morgan fingerprint density at radius 2 is 1.90 bits per heavy atom. The van der Waals surface area contributed by atoms with Crippen LogP contribution in [0.1, 0.15) is 32.1 Å². The monoisotopic (exact) mass is 143 g/mol. The van der Waals surface area contributed by atoms with Gasteiger partial charge in [-0.25, -0.2) is 0 Å².